The number of rotatable bonds is 7. The van der Waals surface area contributed by atoms with Gasteiger partial charge in [0.25, 0.3) is 0 Å². The lowest BCUT2D eigenvalue weighted by atomic mass is 10.1. The molecule has 0 saturated carbocycles. The van der Waals surface area contributed by atoms with Crippen LogP contribution in [0.5, 0.6) is 5.75 Å². The summed E-state index contributed by atoms with van der Waals surface area (Å²) in [7, 11) is 0. The van der Waals surface area contributed by atoms with Crippen molar-refractivity contribution < 1.29 is 9.84 Å². The summed E-state index contributed by atoms with van der Waals surface area (Å²) >= 11 is 0. The molecular formula is C12H20N2O2. The van der Waals surface area contributed by atoms with Gasteiger partial charge in [-0.05, 0) is 32.0 Å². The zero-order chi connectivity index (χ0) is 11.8. The Bertz CT molecular complexity index is 296. The molecule has 0 atom stereocenters. The molecular weight excluding hydrogens is 204 g/mol. The second-order valence-corrected chi connectivity index (χ2v) is 3.57. The van der Waals surface area contributed by atoms with Gasteiger partial charge in [-0.1, -0.05) is 6.07 Å². The number of phenols is 1. The van der Waals surface area contributed by atoms with E-state index >= 15 is 0 Å². The Kier molecular flexibility index (Phi) is 5.67. The summed E-state index contributed by atoms with van der Waals surface area (Å²) in [6.07, 6.45) is 0.960. The fourth-order valence-corrected chi connectivity index (χ4v) is 1.44. The summed E-state index contributed by atoms with van der Waals surface area (Å²) in [5.41, 5.74) is 7.14. The van der Waals surface area contributed by atoms with Crippen molar-refractivity contribution in [2.75, 3.05) is 25.5 Å². The second-order valence-electron chi connectivity index (χ2n) is 3.57. The summed E-state index contributed by atoms with van der Waals surface area (Å²) in [5, 5.41) is 12.8. The van der Waals surface area contributed by atoms with Gasteiger partial charge in [-0.2, -0.15) is 0 Å². The fourth-order valence-electron chi connectivity index (χ4n) is 1.44. The van der Waals surface area contributed by atoms with E-state index in [2.05, 4.69) is 5.32 Å². The van der Waals surface area contributed by atoms with Gasteiger partial charge in [0, 0.05) is 31.0 Å². The predicted molar refractivity (Wildman–Crippen MR) is 65.3 cm³/mol. The number of hydrogen-bond acceptors (Lipinski definition) is 4. The molecule has 0 aliphatic carbocycles. The molecule has 4 heteroatoms. The second kappa shape index (κ2) is 7.09. The molecule has 0 saturated heterocycles. The Morgan fingerprint density at radius 2 is 2.25 bits per heavy atom. The molecule has 0 aromatic heterocycles. The summed E-state index contributed by atoms with van der Waals surface area (Å²) < 4.78 is 5.22. The smallest absolute Gasteiger partial charge is 0.122 e. The van der Waals surface area contributed by atoms with E-state index in [4.69, 9.17) is 10.5 Å². The van der Waals surface area contributed by atoms with E-state index in [1.54, 1.807) is 18.2 Å². The van der Waals surface area contributed by atoms with Gasteiger partial charge in [0.15, 0.2) is 0 Å². The molecule has 0 radical (unpaired) electrons. The molecule has 0 heterocycles. The number of hydrogen-bond donors (Lipinski definition) is 3. The van der Waals surface area contributed by atoms with E-state index in [9.17, 15) is 5.11 Å². The van der Waals surface area contributed by atoms with Gasteiger partial charge in [0.2, 0.25) is 0 Å². The lowest BCUT2D eigenvalue weighted by Gasteiger charge is -2.09. The van der Waals surface area contributed by atoms with Crippen molar-refractivity contribution in [1.82, 2.24) is 5.32 Å². The Balaban J connectivity index is 2.26. The first kappa shape index (κ1) is 12.8. The van der Waals surface area contributed by atoms with Crippen LogP contribution in [0.25, 0.3) is 0 Å². The Morgan fingerprint density at radius 3 is 2.94 bits per heavy atom. The van der Waals surface area contributed by atoms with Crippen LogP contribution >= 0.6 is 0 Å². The summed E-state index contributed by atoms with van der Waals surface area (Å²) in [6, 6.07) is 5.17. The Morgan fingerprint density at radius 1 is 1.44 bits per heavy atom. The van der Waals surface area contributed by atoms with Crippen LogP contribution in [0.1, 0.15) is 18.9 Å². The highest BCUT2D eigenvalue weighted by Crippen LogP contribution is 2.22. The average molecular weight is 224 g/mol. The quantitative estimate of drug-likeness (QED) is 0.485. The molecule has 0 bridgehead atoms. The lowest BCUT2D eigenvalue weighted by molar-refractivity contribution is 0.144. The van der Waals surface area contributed by atoms with Crippen LogP contribution in [0.3, 0.4) is 0 Å². The summed E-state index contributed by atoms with van der Waals surface area (Å²) in [5.74, 6) is 0.248. The van der Waals surface area contributed by atoms with E-state index in [0.717, 1.165) is 31.7 Å². The Labute approximate surface area is 96.4 Å². The van der Waals surface area contributed by atoms with Crippen LogP contribution < -0.4 is 11.1 Å². The first-order valence-electron chi connectivity index (χ1n) is 5.60. The molecule has 0 aliphatic rings. The first-order valence-corrected chi connectivity index (χ1v) is 5.60. The maximum atomic E-state index is 9.59. The van der Waals surface area contributed by atoms with E-state index in [0.29, 0.717) is 12.2 Å². The lowest BCUT2D eigenvalue weighted by Crippen LogP contribution is -2.17. The van der Waals surface area contributed by atoms with Crippen LogP contribution in [-0.2, 0) is 11.3 Å². The normalized spacial score (nSPS) is 10.6. The van der Waals surface area contributed by atoms with Crippen LogP contribution in [0, 0.1) is 0 Å². The number of anilines is 1. The molecule has 4 nitrogen and oxygen atoms in total. The van der Waals surface area contributed by atoms with Crippen molar-refractivity contribution in [3.8, 4) is 5.75 Å². The third-order valence-corrected chi connectivity index (χ3v) is 2.34. The monoisotopic (exact) mass is 224 g/mol. The predicted octanol–water partition coefficient (Wildman–Crippen LogP) is 1.49. The minimum Gasteiger partial charge on any atom is -0.508 e. The van der Waals surface area contributed by atoms with Crippen molar-refractivity contribution in [3.05, 3.63) is 23.8 Å². The number of nitrogens with two attached hydrogens (primary N) is 1. The summed E-state index contributed by atoms with van der Waals surface area (Å²) in [4.78, 5) is 0. The number of benzene rings is 1. The molecule has 1 aromatic rings. The molecule has 4 N–H and O–H groups in total. The number of aromatic hydroxyl groups is 1. The number of ether oxygens (including phenoxy) is 1. The van der Waals surface area contributed by atoms with Gasteiger partial charge in [-0.3, -0.25) is 0 Å². The van der Waals surface area contributed by atoms with Crippen LogP contribution in [-0.4, -0.2) is 24.9 Å². The van der Waals surface area contributed by atoms with Crippen molar-refractivity contribution in [3.63, 3.8) is 0 Å². The van der Waals surface area contributed by atoms with Gasteiger partial charge < -0.3 is 20.9 Å². The minimum atomic E-state index is 0.248. The molecule has 1 aromatic carbocycles. The molecule has 0 amide bonds. The SMILES string of the molecule is CCOCCCNCc1c(N)cccc1O. The molecule has 0 spiro atoms. The molecule has 0 fully saturated rings. The zero-order valence-electron chi connectivity index (χ0n) is 9.70. The van der Waals surface area contributed by atoms with Crippen molar-refractivity contribution in [1.29, 1.82) is 0 Å². The fraction of sp³-hybridized carbons (Fsp3) is 0.500. The maximum Gasteiger partial charge on any atom is 0.122 e. The first-order chi connectivity index (χ1) is 7.75. The largest absolute Gasteiger partial charge is 0.508 e. The highest BCUT2D eigenvalue weighted by molar-refractivity contribution is 5.53. The standard InChI is InChI=1S/C12H20N2O2/c1-2-16-8-4-7-14-9-10-11(13)5-3-6-12(10)15/h3,5-6,14-15H,2,4,7-9,13H2,1H3. The third-order valence-electron chi connectivity index (χ3n) is 2.34. The van der Waals surface area contributed by atoms with Crippen LogP contribution in [0.2, 0.25) is 0 Å². The van der Waals surface area contributed by atoms with E-state index in [-0.39, 0.29) is 5.75 Å². The number of nitrogens with one attached hydrogen (secondary N) is 1. The molecule has 16 heavy (non-hydrogen) atoms. The summed E-state index contributed by atoms with van der Waals surface area (Å²) in [6.45, 7) is 4.95. The topological polar surface area (TPSA) is 67.5 Å². The van der Waals surface area contributed by atoms with E-state index in [1.165, 1.54) is 0 Å². The van der Waals surface area contributed by atoms with Gasteiger partial charge in [-0.15, -0.1) is 0 Å². The zero-order valence-corrected chi connectivity index (χ0v) is 9.70. The van der Waals surface area contributed by atoms with Crippen LogP contribution in [0.4, 0.5) is 5.69 Å². The van der Waals surface area contributed by atoms with E-state index < -0.39 is 0 Å². The van der Waals surface area contributed by atoms with Gasteiger partial charge in [0.1, 0.15) is 5.75 Å². The van der Waals surface area contributed by atoms with Gasteiger partial charge >= 0.3 is 0 Å². The Hall–Kier alpha value is -1.26. The number of phenolic OH excluding ortho intramolecular Hbond substituents is 1. The average Bonchev–Trinajstić information content (AvgIpc) is 2.26. The van der Waals surface area contributed by atoms with Crippen molar-refractivity contribution in [2.24, 2.45) is 0 Å². The van der Waals surface area contributed by atoms with Gasteiger partial charge in [0.05, 0.1) is 0 Å². The van der Waals surface area contributed by atoms with Crippen molar-refractivity contribution in [2.45, 2.75) is 19.9 Å². The van der Waals surface area contributed by atoms with Gasteiger partial charge in [-0.25, -0.2) is 0 Å². The molecule has 0 unspecified atom stereocenters. The molecule has 0 aliphatic heterocycles. The van der Waals surface area contributed by atoms with E-state index in [1.807, 2.05) is 6.92 Å². The third kappa shape index (κ3) is 4.08. The highest BCUT2D eigenvalue weighted by Gasteiger charge is 2.03. The minimum absolute atomic E-state index is 0.248. The molecule has 1 rings (SSSR count). The molecule has 90 valence electrons. The number of nitrogen functional groups attached to an aromatic ring is 1. The van der Waals surface area contributed by atoms with Crippen LogP contribution in [0.15, 0.2) is 18.2 Å². The maximum absolute atomic E-state index is 9.59. The van der Waals surface area contributed by atoms with Crippen molar-refractivity contribution >= 4 is 5.69 Å². The highest BCUT2D eigenvalue weighted by atomic mass is 16.5.